The van der Waals surface area contributed by atoms with Gasteiger partial charge in [-0.1, -0.05) is 30.3 Å². The Balaban J connectivity index is 1.57. The molecule has 0 amide bonds. The van der Waals surface area contributed by atoms with Gasteiger partial charge in [0.15, 0.2) is 5.43 Å². The minimum atomic E-state index is 0.123. The van der Waals surface area contributed by atoms with Gasteiger partial charge in [-0.2, -0.15) is 0 Å². The molecule has 3 nitrogen and oxygen atoms in total. The number of hydrogen-bond donors (Lipinski definition) is 0. The molecule has 1 unspecified atom stereocenters. The second-order valence-corrected chi connectivity index (χ2v) is 8.12. The summed E-state index contributed by atoms with van der Waals surface area (Å²) >= 11 is 2.23. The number of rotatable bonds is 3. The maximum atomic E-state index is 13.0. The molecule has 0 saturated heterocycles. The summed E-state index contributed by atoms with van der Waals surface area (Å²) in [6.45, 7) is 0.553. The van der Waals surface area contributed by atoms with Crippen molar-refractivity contribution in [2.75, 3.05) is 0 Å². The third-order valence-corrected chi connectivity index (χ3v) is 5.95. The smallest absolute Gasteiger partial charge is 0.197 e. The Kier molecular flexibility index (Phi) is 3.89. The monoisotopic (exact) mass is 456 g/mol. The van der Waals surface area contributed by atoms with Crippen LogP contribution in [0.5, 0.6) is 0 Å². The SMILES string of the molecule is O=c1c2c(oc3ccc(I)cc13)C1=C(OCc3ccccc3)CCCC12. The van der Waals surface area contributed by atoms with Crippen molar-refractivity contribution in [2.24, 2.45) is 0 Å². The average molecular weight is 456 g/mol. The van der Waals surface area contributed by atoms with E-state index in [-0.39, 0.29) is 11.3 Å². The van der Waals surface area contributed by atoms with Crippen molar-refractivity contribution in [3.05, 3.63) is 85.0 Å². The van der Waals surface area contributed by atoms with Gasteiger partial charge in [0.1, 0.15) is 23.7 Å². The van der Waals surface area contributed by atoms with Crippen LogP contribution >= 0.6 is 22.6 Å². The van der Waals surface area contributed by atoms with Crippen molar-refractivity contribution in [3.63, 3.8) is 0 Å². The largest absolute Gasteiger partial charge is 0.493 e. The predicted molar refractivity (Wildman–Crippen MR) is 110 cm³/mol. The number of fused-ring (bicyclic) bond motifs is 5. The fraction of sp³-hybridized carbons (Fsp3) is 0.227. The molecule has 2 aliphatic carbocycles. The Bertz CT molecular complexity index is 1100. The molecule has 0 fully saturated rings. The molecule has 0 bridgehead atoms. The Morgan fingerprint density at radius 1 is 1.15 bits per heavy atom. The summed E-state index contributed by atoms with van der Waals surface area (Å²) in [6.07, 6.45) is 2.95. The van der Waals surface area contributed by atoms with Gasteiger partial charge in [-0.05, 0) is 59.2 Å². The van der Waals surface area contributed by atoms with Gasteiger partial charge in [0.05, 0.1) is 10.9 Å². The number of halogens is 1. The summed E-state index contributed by atoms with van der Waals surface area (Å²) in [5.74, 6) is 1.91. The molecular formula is C22H17IO3. The minimum absolute atomic E-state index is 0.123. The van der Waals surface area contributed by atoms with E-state index in [0.29, 0.717) is 17.6 Å². The van der Waals surface area contributed by atoms with Crippen LogP contribution in [0.1, 0.15) is 42.1 Å². The lowest BCUT2D eigenvalue weighted by Crippen LogP contribution is -2.29. The van der Waals surface area contributed by atoms with Crippen LogP contribution in [0.15, 0.2) is 63.5 Å². The predicted octanol–water partition coefficient (Wildman–Crippen LogP) is 5.61. The quantitative estimate of drug-likeness (QED) is 0.482. The highest BCUT2D eigenvalue weighted by Gasteiger charge is 2.42. The van der Waals surface area contributed by atoms with Crippen molar-refractivity contribution in [1.82, 2.24) is 0 Å². The molecule has 0 saturated carbocycles. The normalized spacial score (nSPS) is 18.3. The van der Waals surface area contributed by atoms with E-state index in [1.165, 1.54) is 0 Å². The topological polar surface area (TPSA) is 39.4 Å². The summed E-state index contributed by atoms with van der Waals surface area (Å²) in [5, 5.41) is 0.687. The molecule has 26 heavy (non-hydrogen) atoms. The highest BCUT2D eigenvalue weighted by Crippen LogP contribution is 2.53. The van der Waals surface area contributed by atoms with Gasteiger partial charge in [-0.15, -0.1) is 0 Å². The third kappa shape index (κ3) is 2.50. The molecule has 4 heteroatoms. The molecule has 2 aliphatic rings. The molecule has 130 valence electrons. The minimum Gasteiger partial charge on any atom is -0.493 e. The summed E-state index contributed by atoms with van der Waals surface area (Å²) < 4.78 is 13.3. The van der Waals surface area contributed by atoms with E-state index in [1.54, 1.807) is 0 Å². The van der Waals surface area contributed by atoms with E-state index in [4.69, 9.17) is 9.15 Å². The van der Waals surface area contributed by atoms with Crippen molar-refractivity contribution in [2.45, 2.75) is 31.8 Å². The number of benzene rings is 2. The average Bonchev–Trinajstić information content (AvgIpc) is 2.65. The van der Waals surface area contributed by atoms with Gasteiger partial charge < -0.3 is 9.15 Å². The van der Waals surface area contributed by atoms with E-state index in [2.05, 4.69) is 34.7 Å². The zero-order valence-electron chi connectivity index (χ0n) is 14.1. The third-order valence-electron chi connectivity index (χ3n) is 5.28. The first kappa shape index (κ1) is 16.1. The van der Waals surface area contributed by atoms with Crippen molar-refractivity contribution < 1.29 is 9.15 Å². The van der Waals surface area contributed by atoms with Gasteiger partial charge in [-0.25, -0.2) is 0 Å². The van der Waals surface area contributed by atoms with Crippen LogP contribution in [-0.4, -0.2) is 0 Å². The van der Waals surface area contributed by atoms with Crippen LogP contribution < -0.4 is 5.43 Å². The summed E-state index contributed by atoms with van der Waals surface area (Å²) in [5.41, 5.74) is 3.89. The Morgan fingerprint density at radius 2 is 2.00 bits per heavy atom. The molecule has 0 radical (unpaired) electrons. The first-order valence-corrected chi connectivity index (χ1v) is 9.96. The molecule has 1 aromatic heterocycles. The molecule has 0 spiro atoms. The van der Waals surface area contributed by atoms with Gasteiger partial charge in [-0.3, -0.25) is 4.79 Å². The lowest BCUT2D eigenvalue weighted by Gasteiger charge is -2.36. The fourth-order valence-electron chi connectivity index (χ4n) is 4.03. The molecule has 3 aromatic rings. The van der Waals surface area contributed by atoms with Gasteiger partial charge in [0, 0.05) is 21.5 Å². The van der Waals surface area contributed by atoms with Crippen LogP contribution in [0, 0.1) is 3.57 Å². The molecular weight excluding hydrogens is 439 g/mol. The summed E-state index contributed by atoms with van der Waals surface area (Å²) in [7, 11) is 0. The first-order chi connectivity index (χ1) is 12.7. The lowest BCUT2D eigenvalue weighted by molar-refractivity contribution is 0.181. The zero-order chi connectivity index (χ0) is 17.7. The highest BCUT2D eigenvalue weighted by molar-refractivity contribution is 14.1. The van der Waals surface area contributed by atoms with Crippen molar-refractivity contribution in [1.29, 1.82) is 0 Å². The first-order valence-electron chi connectivity index (χ1n) is 8.89. The second-order valence-electron chi connectivity index (χ2n) is 6.87. The summed E-state index contributed by atoms with van der Waals surface area (Å²) in [6, 6.07) is 15.9. The van der Waals surface area contributed by atoms with Crippen LogP contribution in [0.2, 0.25) is 0 Å². The maximum absolute atomic E-state index is 13.0. The summed E-state index contributed by atoms with van der Waals surface area (Å²) in [4.78, 5) is 13.0. The number of hydrogen-bond acceptors (Lipinski definition) is 3. The zero-order valence-corrected chi connectivity index (χ0v) is 16.3. The number of ether oxygens (including phenoxy) is 1. The van der Waals surface area contributed by atoms with Crippen LogP contribution in [0.4, 0.5) is 0 Å². The molecule has 2 aromatic carbocycles. The molecule has 0 N–H and O–H groups in total. The Labute approximate surface area is 164 Å². The standard InChI is InChI=1S/C22H17IO3/c23-14-9-10-17-16(11-14)21(24)20-15-7-4-8-18(19(15)22(20)26-17)25-12-13-5-2-1-3-6-13/h1-3,5-6,9-11,15H,4,7-8,12H2. The highest BCUT2D eigenvalue weighted by atomic mass is 127. The van der Waals surface area contributed by atoms with E-state index in [1.807, 2.05) is 36.4 Å². The molecule has 5 rings (SSSR count). The lowest BCUT2D eigenvalue weighted by atomic mass is 9.70. The maximum Gasteiger partial charge on any atom is 0.197 e. The second kappa shape index (κ2) is 6.27. The Hall–Kier alpha value is -2.08. The molecule has 0 aliphatic heterocycles. The van der Waals surface area contributed by atoms with Crippen molar-refractivity contribution >= 4 is 39.1 Å². The van der Waals surface area contributed by atoms with E-state index in [9.17, 15) is 4.79 Å². The van der Waals surface area contributed by atoms with Crippen LogP contribution in [0.25, 0.3) is 16.5 Å². The van der Waals surface area contributed by atoms with Crippen LogP contribution in [-0.2, 0) is 11.3 Å². The van der Waals surface area contributed by atoms with Gasteiger partial charge in [0.2, 0.25) is 0 Å². The van der Waals surface area contributed by atoms with Crippen molar-refractivity contribution in [3.8, 4) is 0 Å². The van der Waals surface area contributed by atoms with E-state index < -0.39 is 0 Å². The van der Waals surface area contributed by atoms with Gasteiger partial charge >= 0.3 is 0 Å². The Morgan fingerprint density at radius 3 is 2.85 bits per heavy atom. The molecule has 1 heterocycles. The van der Waals surface area contributed by atoms with Crippen LogP contribution in [0.3, 0.4) is 0 Å². The van der Waals surface area contributed by atoms with E-state index >= 15 is 0 Å². The molecule has 1 atom stereocenters. The fourth-order valence-corrected chi connectivity index (χ4v) is 4.52. The van der Waals surface area contributed by atoms with Gasteiger partial charge in [0.25, 0.3) is 0 Å². The number of allylic oxidation sites excluding steroid dienone is 2. The van der Waals surface area contributed by atoms with E-state index in [0.717, 1.165) is 51.1 Å².